The average Bonchev–Trinajstić information content (AvgIpc) is 3.33. The number of nitrogens with zero attached hydrogens (tertiary/aromatic N) is 7. The lowest BCUT2D eigenvalue weighted by Crippen LogP contribution is -2.26. The number of para-hydroxylation sites is 1. The van der Waals surface area contributed by atoms with Crippen molar-refractivity contribution in [3.05, 3.63) is 113 Å². The molecule has 0 amide bonds. The van der Waals surface area contributed by atoms with E-state index < -0.39 is 0 Å². The third kappa shape index (κ3) is 3.70. The first-order valence-electron chi connectivity index (χ1n) is 12.9. The quantitative estimate of drug-likeness (QED) is 0.345. The van der Waals surface area contributed by atoms with Crippen molar-refractivity contribution in [1.82, 2.24) is 34.3 Å². The van der Waals surface area contributed by atoms with Crippen LogP contribution < -0.4 is 11.3 Å². The summed E-state index contributed by atoms with van der Waals surface area (Å²) in [7, 11) is 0. The number of hydrogen-bond donors (Lipinski definition) is 1. The Kier molecular flexibility index (Phi) is 5.38. The molecule has 0 unspecified atom stereocenters. The van der Waals surface area contributed by atoms with Crippen molar-refractivity contribution in [2.45, 2.75) is 20.4 Å². The van der Waals surface area contributed by atoms with E-state index in [0.717, 1.165) is 33.3 Å². The van der Waals surface area contributed by atoms with Gasteiger partial charge in [0.15, 0.2) is 5.65 Å². The standard InChI is InChI=1S/C31H24N8O/c1-18-7-3-4-11-24(18)39-25(36-23-10-5-8-19(2)26(23)31(39)40)16-38-30-27(29(32)34-17-35-30)28(37-38)21-12-13-22-20(15-21)9-6-14-33-22/h3-15,17H,16H2,1-2H3,(H2,32,34,35). The van der Waals surface area contributed by atoms with E-state index in [9.17, 15) is 4.79 Å². The summed E-state index contributed by atoms with van der Waals surface area (Å²) in [4.78, 5) is 32.2. The van der Waals surface area contributed by atoms with Gasteiger partial charge in [-0.1, -0.05) is 42.5 Å². The molecule has 3 aromatic carbocycles. The van der Waals surface area contributed by atoms with E-state index in [4.69, 9.17) is 15.8 Å². The summed E-state index contributed by atoms with van der Waals surface area (Å²) in [5.41, 5.74) is 12.5. The van der Waals surface area contributed by atoms with Crippen molar-refractivity contribution >= 4 is 38.7 Å². The van der Waals surface area contributed by atoms with Gasteiger partial charge in [0.25, 0.3) is 5.56 Å². The Bertz CT molecular complexity index is 2160. The van der Waals surface area contributed by atoms with Gasteiger partial charge >= 0.3 is 0 Å². The van der Waals surface area contributed by atoms with Gasteiger partial charge in [0.2, 0.25) is 0 Å². The van der Waals surface area contributed by atoms with Crippen LogP contribution in [0.4, 0.5) is 5.82 Å². The highest BCUT2D eigenvalue weighted by atomic mass is 16.1. The lowest BCUT2D eigenvalue weighted by atomic mass is 10.1. The molecule has 4 aromatic heterocycles. The highest BCUT2D eigenvalue weighted by Gasteiger charge is 2.21. The van der Waals surface area contributed by atoms with E-state index in [0.29, 0.717) is 39.3 Å². The molecular formula is C31H24N8O. The topological polar surface area (TPSA) is 117 Å². The number of aryl methyl sites for hydroxylation is 2. The maximum atomic E-state index is 14.0. The number of fused-ring (bicyclic) bond motifs is 3. The summed E-state index contributed by atoms with van der Waals surface area (Å²) in [6.07, 6.45) is 3.19. The van der Waals surface area contributed by atoms with Crippen molar-refractivity contribution < 1.29 is 0 Å². The Morgan fingerprint density at radius 3 is 2.55 bits per heavy atom. The first-order chi connectivity index (χ1) is 19.5. The maximum absolute atomic E-state index is 14.0. The molecule has 4 heterocycles. The van der Waals surface area contributed by atoms with Crippen LogP contribution in [0, 0.1) is 13.8 Å². The van der Waals surface area contributed by atoms with Crippen LogP contribution >= 0.6 is 0 Å². The maximum Gasteiger partial charge on any atom is 0.266 e. The average molecular weight is 525 g/mol. The molecule has 0 aliphatic carbocycles. The third-order valence-electron chi connectivity index (χ3n) is 7.26. The van der Waals surface area contributed by atoms with Gasteiger partial charge in [0.05, 0.1) is 27.5 Å². The molecule has 0 atom stereocenters. The van der Waals surface area contributed by atoms with Gasteiger partial charge in [-0.15, -0.1) is 0 Å². The van der Waals surface area contributed by atoms with Gasteiger partial charge in [-0.2, -0.15) is 5.10 Å². The first kappa shape index (κ1) is 23.7. The zero-order chi connectivity index (χ0) is 27.4. The van der Waals surface area contributed by atoms with Gasteiger partial charge in [-0.25, -0.2) is 19.6 Å². The van der Waals surface area contributed by atoms with Crippen LogP contribution in [0.2, 0.25) is 0 Å². The summed E-state index contributed by atoms with van der Waals surface area (Å²) < 4.78 is 3.43. The molecule has 0 spiro atoms. The fourth-order valence-electron chi connectivity index (χ4n) is 5.31. The second-order valence-electron chi connectivity index (χ2n) is 9.80. The summed E-state index contributed by atoms with van der Waals surface area (Å²) in [5.74, 6) is 0.865. The molecule has 0 bridgehead atoms. The van der Waals surface area contributed by atoms with Crippen LogP contribution in [-0.2, 0) is 6.54 Å². The number of aromatic nitrogens is 7. The Morgan fingerprint density at radius 2 is 1.68 bits per heavy atom. The van der Waals surface area contributed by atoms with E-state index in [-0.39, 0.29) is 12.1 Å². The molecule has 40 heavy (non-hydrogen) atoms. The van der Waals surface area contributed by atoms with Gasteiger partial charge in [0.1, 0.15) is 30.2 Å². The summed E-state index contributed by atoms with van der Waals surface area (Å²) in [5, 5.41) is 7.19. The van der Waals surface area contributed by atoms with Crippen LogP contribution in [0.5, 0.6) is 0 Å². The van der Waals surface area contributed by atoms with E-state index in [1.54, 1.807) is 15.4 Å². The van der Waals surface area contributed by atoms with Crippen molar-refractivity contribution in [3.63, 3.8) is 0 Å². The molecule has 0 saturated carbocycles. The molecule has 2 N–H and O–H groups in total. The van der Waals surface area contributed by atoms with E-state index in [1.165, 1.54) is 6.33 Å². The van der Waals surface area contributed by atoms with Crippen LogP contribution in [0.25, 0.3) is 49.8 Å². The van der Waals surface area contributed by atoms with Gasteiger partial charge in [-0.05, 0) is 55.3 Å². The predicted molar refractivity (Wildman–Crippen MR) is 156 cm³/mol. The fourth-order valence-corrected chi connectivity index (χ4v) is 5.31. The van der Waals surface area contributed by atoms with Gasteiger partial charge in [-0.3, -0.25) is 14.3 Å². The molecule has 9 heteroatoms. The number of hydrogen-bond acceptors (Lipinski definition) is 7. The van der Waals surface area contributed by atoms with Crippen LogP contribution in [0.15, 0.2) is 90.1 Å². The van der Waals surface area contributed by atoms with E-state index >= 15 is 0 Å². The van der Waals surface area contributed by atoms with Crippen LogP contribution in [-0.4, -0.2) is 34.3 Å². The zero-order valence-electron chi connectivity index (χ0n) is 21.9. The summed E-state index contributed by atoms with van der Waals surface area (Å²) in [6.45, 7) is 4.10. The predicted octanol–water partition coefficient (Wildman–Crippen LogP) is 4.99. The highest BCUT2D eigenvalue weighted by molar-refractivity contribution is 5.99. The lowest BCUT2D eigenvalue weighted by Gasteiger charge is -2.16. The van der Waals surface area contributed by atoms with Crippen molar-refractivity contribution in [3.8, 4) is 16.9 Å². The number of nitrogens with two attached hydrogens (primary N) is 1. The molecule has 0 aliphatic heterocycles. The second kappa shape index (κ2) is 9.09. The molecule has 7 rings (SSSR count). The Labute approximate surface area is 228 Å². The molecule has 0 saturated heterocycles. The SMILES string of the molecule is Cc1ccccc1-n1c(Cn2nc(-c3ccc4ncccc4c3)c3c(N)ncnc32)nc2cccc(C)c2c1=O. The zero-order valence-corrected chi connectivity index (χ0v) is 21.9. The highest BCUT2D eigenvalue weighted by Crippen LogP contribution is 2.32. The van der Waals surface area contributed by atoms with Crippen molar-refractivity contribution in [2.75, 3.05) is 5.73 Å². The minimum absolute atomic E-state index is 0.125. The first-order valence-corrected chi connectivity index (χ1v) is 12.9. The molecule has 0 fully saturated rings. The molecule has 194 valence electrons. The second-order valence-corrected chi connectivity index (χ2v) is 9.80. The molecule has 9 nitrogen and oxygen atoms in total. The number of nitrogen functional groups attached to an aromatic ring is 1. The van der Waals surface area contributed by atoms with E-state index in [1.807, 2.05) is 86.6 Å². The Morgan fingerprint density at radius 1 is 0.825 bits per heavy atom. The Hall–Kier alpha value is -5.44. The minimum atomic E-state index is -0.125. The third-order valence-corrected chi connectivity index (χ3v) is 7.26. The summed E-state index contributed by atoms with van der Waals surface area (Å²) in [6, 6.07) is 23.4. The fraction of sp³-hybridized carbons (Fsp3) is 0.0968. The van der Waals surface area contributed by atoms with Gasteiger partial charge < -0.3 is 5.73 Å². The van der Waals surface area contributed by atoms with Crippen LogP contribution in [0.3, 0.4) is 0 Å². The van der Waals surface area contributed by atoms with Crippen molar-refractivity contribution in [2.24, 2.45) is 0 Å². The van der Waals surface area contributed by atoms with Crippen molar-refractivity contribution in [1.29, 1.82) is 0 Å². The molecule has 7 aromatic rings. The molecular weight excluding hydrogens is 500 g/mol. The van der Waals surface area contributed by atoms with Gasteiger partial charge in [0, 0.05) is 17.1 Å². The summed E-state index contributed by atoms with van der Waals surface area (Å²) >= 11 is 0. The monoisotopic (exact) mass is 524 g/mol. The molecule has 0 radical (unpaired) electrons. The number of pyridine rings is 1. The smallest absolute Gasteiger partial charge is 0.266 e. The van der Waals surface area contributed by atoms with E-state index in [2.05, 4.69) is 15.0 Å². The number of anilines is 1. The number of rotatable bonds is 4. The minimum Gasteiger partial charge on any atom is -0.383 e. The normalized spacial score (nSPS) is 11.6. The Balaban J connectivity index is 1.47. The lowest BCUT2D eigenvalue weighted by molar-refractivity contribution is 0.651. The molecule has 0 aliphatic rings. The van der Waals surface area contributed by atoms with Crippen LogP contribution in [0.1, 0.15) is 17.0 Å². The largest absolute Gasteiger partial charge is 0.383 e. The number of benzene rings is 3.